The molecule has 0 saturated carbocycles. The molecular formula is C16H19NS. The molecule has 2 aliphatic rings. The van der Waals surface area contributed by atoms with Crippen LogP contribution in [0.15, 0.2) is 45.8 Å². The number of anilines is 1. The fraction of sp³-hybridized carbons (Fsp3) is 0.375. The highest BCUT2D eigenvalue weighted by molar-refractivity contribution is 8.03. The van der Waals surface area contributed by atoms with Gasteiger partial charge in [0.15, 0.2) is 0 Å². The lowest BCUT2D eigenvalue weighted by atomic mass is 10.00. The lowest BCUT2D eigenvalue weighted by molar-refractivity contribution is 0.714. The van der Waals surface area contributed by atoms with Crippen molar-refractivity contribution in [1.82, 2.24) is 0 Å². The van der Waals surface area contributed by atoms with Gasteiger partial charge in [0.2, 0.25) is 0 Å². The van der Waals surface area contributed by atoms with Gasteiger partial charge in [0, 0.05) is 16.3 Å². The van der Waals surface area contributed by atoms with Crippen LogP contribution in [0, 0.1) is 12.8 Å². The number of fused-ring (bicyclic) bond motifs is 1. The summed E-state index contributed by atoms with van der Waals surface area (Å²) in [6.45, 7) is 7.73. The van der Waals surface area contributed by atoms with Crippen molar-refractivity contribution in [2.45, 2.75) is 32.1 Å². The minimum atomic E-state index is 0.668. The second-order valence-corrected chi connectivity index (χ2v) is 6.30. The standard InChI is InChI=1S/C16H19NS/c1-4-17-13-7-5-11(2)9-15(13)18-16-10-12(3)6-8-14(16)17/h5-9,12H,4,10H2,1-3H3. The van der Waals surface area contributed by atoms with E-state index >= 15 is 0 Å². The van der Waals surface area contributed by atoms with Crippen LogP contribution in [-0.2, 0) is 0 Å². The number of aryl methyl sites for hydroxylation is 1. The molecule has 0 fully saturated rings. The third-order valence-corrected chi connectivity index (χ3v) is 4.79. The van der Waals surface area contributed by atoms with E-state index in [0.29, 0.717) is 5.92 Å². The maximum Gasteiger partial charge on any atom is 0.0552 e. The Morgan fingerprint density at radius 2 is 2.22 bits per heavy atom. The number of benzene rings is 1. The summed E-state index contributed by atoms with van der Waals surface area (Å²) in [6.07, 6.45) is 5.82. The molecule has 0 aromatic heterocycles. The van der Waals surface area contributed by atoms with Gasteiger partial charge in [-0.05, 0) is 50.0 Å². The van der Waals surface area contributed by atoms with E-state index in [2.05, 4.69) is 56.0 Å². The number of hydrogen-bond donors (Lipinski definition) is 0. The zero-order valence-corrected chi connectivity index (χ0v) is 12.1. The molecule has 0 N–H and O–H groups in total. The number of rotatable bonds is 1. The molecule has 0 amide bonds. The molecule has 0 spiro atoms. The van der Waals surface area contributed by atoms with Crippen molar-refractivity contribution in [3.63, 3.8) is 0 Å². The zero-order chi connectivity index (χ0) is 12.7. The lowest BCUT2D eigenvalue weighted by Crippen LogP contribution is -2.26. The summed E-state index contributed by atoms with van der Waals surface area (Å²) in [6, 6.07) is 6.79. The molecule has 1 nitrogen and oxygen atoms in total. The Morgan fingerprint density at radius 3 is 3.00 bits per heavy atom. The summed E-state index contributed by atoms with van der Waals surface area (Å²) < 4.78 is 0. The number of nitrogens with zero attached hydrogens (tertiary/aromatic N) is 1. The van der Waals surface area contributed by atoms with Gasteiger partial charge in [-0.15, -0.1) is 0 Å². The van der Waals surface area contributed by atoms with Crippen molar-refractivity contribution in [3.8, 4) is 0 Å². The Balaban J connectivity index is 2.08. The Labute approximate surface area is 114 Å². The van der Waals surface area contributed by atoms with Crippen molar-refractivity contribution in [1.29, 1.82) is 0 Å². The zero-order valence-electron chi connectivity index (χ0n) is 11.2. The minimum absolute atomic E-state index is 0.668. The molecule has 1 aliphatic carbocycles. The van der Waals surface area contributed by atoms with Gasteiger partial charge in [0.05, 0.1) is 11.4 Å². The number of likely N-dealkylation sites (N-methyl/N-ethyl adjacent to an activating group) is 1. The molecule has 0 saturated heterocycles. The highest BCUT2D eigenvalue weighted by Crippen LogP contribution is 2.47. The maximum atomic E-state index is 2.45. The molecule has 1 heterocycles. The molecule has 0 bridgehead atoms. The fourth-order valence-corrected chi connectivity index (χ4v) is 4.10. The summed E-state index contributed by atoms with van der Waals surface area (Å²) in [4.78, 5) is 5.39. The Kier molecular flexibility index (Phi) is 2.98. The molecule has 1 aromatic carbocycles. The van der Waals surface area contributed by atoms with Crippen LogP contribution < -0.4 is 4.90 Å². The van der Waals surface area contributed by atoms with E-state index in [9.17, 15) is 0 Å². The van der Waals surface area contributed by atoms with E-state index < -0.39 is 0 Å². The SMILES string of the molecule is CCN1C2=C(CC(C)C=C2)Sc2cc(C)ccc21. The van der Waals surface area contributed by atoms with Crippen LogP contribution in [-0.4, -0.2) is 6.54 Å². The normalized spacial score (nSPS) is 21.9. The van der Waals surface area contributed by atoms with E-state index in [1.54, 1.807) is 0 Å². The first-order valence-corrected chi connectivity index (χ1v) is 7.48. The first-order chi connectivity index (χ1) is 8.69. The molecular weight excluding hydrogens is 238 g/mol. The average Bonchev–Trinajstić information content (AvgIpc) is 2.35. The molecule has 1 aromatic rings. The maximum absolute atomic E-state index is 2.45. The monoisotopic (exact) mass is 257 g/mol. The number of allylic oxidation sites excluding steroid dienone is 3. The van der Waals surface area contributed by atoms with Gasteiger partial charge in [0.25, 0.3) is 0 Å². The van der Waals surface area contributed by atoms with Crippen LogP contribution >= 0.6 is 11.8 Å². The lowest BCUT2D eigenvalue weighted by Gasteiger charge is -2.35. The first kappa shape index (κ1) is 11.9. The van der Waals surface area contributed by atoms with Crippen LogP contribution in [0.25, 0.3) is 0 Å². The summed E-state index contributed by atoms with van der Waals surface area (Å²) >= 11 is 1.96. The summed E-state index contributed by atoms with van der Waals surface area (Å²) in [5, 5.41) is 0. The largest absolute Gasteiger partial charge is 0.340 e. The second-order valence-electron chi connectivity index (χ2n) is 5.17. The molecule has 1 atom stereocenters. The van der Waals surface area contributed by atoms with Gasteiger partial charge in [-0.2, -0.15) is 0 Å². The van der Waals surface area contributed by atoms with Crippen molar-refractivity contribution in [2.24, 2.45) is 5.92 Å². The highest BCUT2D eigenvalue weighted by atomic mass is 32.2. The predicted molar refractivity (Wildman–Crippen MR) is 80.0 cm³/mol. The molecule has 3 rings (SSSR count). The van der Waals surface area contributed by atoms with Crippen molar-refractivity contribution in [2.75, 3.05) is 11.4 Å². The van der Waals surface area contributed by atoms with Crippen LogP contribution in [0.2, 0.25) is 0 Å². The molecule has 2 heteroatoms. The van der Waals surface area contributed by atoms with Crippen molar-refractivity contribution >= 4 is 17.4 Å². The van der Waals surface area contributed by atoms with Crippen LogP contribution in [0.4, 0.5) is 5.69 Å². The fourth-order valence-electron chi connectivity index (χ4n) is 2.68. The van der Waals surface area contributed by atoms with Gasteiger partial charge in [-0.25, -0.2) is 0 Å². The third-order valence-electron chi connectivity index (χ3n) is 3.62. The minimum Gasteiger partial charge on any atom is -0.340 e. The second kappa shape index (κ2) is 4.51. The third kappa shape index (κ3) is 1.89. The van der Waals surface area contributed by atoms with E-state index in [1.165, 1.54) is 33.2 Å². The van der Waals surface area contributed by atoms with Gasteiger partial charge in [0.1, 0.15) is 0 Å². The Hall–Kier alpha value is -1.15. The van der Waals surface area contributed by atoms with Crippen molar-refractivity contribution in [3.05, 3.63) is 46.5 Å². The topological polar surface area (TPSA) is 3.24 Å². The molecule has 18 heavy (non-hydrogen) atoms. The average molecular weight is 257 g/mol. The van der Waals surface area contributed by atoms with Gasteiger partial charge in [-0.3, -0.25) is 0 Å². The predicted octanol–water partition coefficient (Wildman–Crippen LogP) is 4.73. The van der Waals surface area contributed by atoms with Crippen LogP contribution in [0.3, 0.4) is 0 Å². The number of thioether (sulfide) groups is 1. The summed E-state index contributed by atoms with van der Waals surface area (Å²) in [5.74, 6) is 0.668. The Morgan fingerprint density at radius 1 is 1.39 bits per heavy atom. The quantitative estimate of drug-likeness (QED) is 0.715. The van der Waals surface area contributed by atoms with Gasteiger partial charge in [-0.1, -0.05) is 30.8 Å². The smallest absolute Gasteiger partial charge is 0.0552 e. The molecule has 0 radical (unpaired) electrons. The van der Waals surface area contributed by atoms with E-state index in [-0.39, 0.29) is 0 Å². The van der Waals surface area contributed by atoms with Gasteiger partial charge >= 0.3 is 0 Å². The Bertz CT molecular complexity index is 542. The van der Waals surface area contributed by atoms with E-state index in [1.807, 2.05) is 11.8 Å². The van der Waals surface area contributed by atoms with Crippen LogP contribution in [0.5, 0.6) is 0 Å². The highest BCUT2D eigenvalue weighted by Gasteiger charge is 2.26. The molecule has 1 aliphatic heterocycles. The van der Waals surface area contributed by atoms with E-state index in [4.69, 9.17) is 0 Å². The van der Waals surface area contributed by atoms with Gasteiger partial charge < -0.3 is 4.90 Å². The molecule has 94 valence electrons. The molecule has 1 unspecified atom stereocenters. The summed E-state index contributed by atoms with van der Waals surface area (Å²) in [5.41, 5.74) is 4.13. The summed E-state index contributed by atoms with van der Waals surface area (Å²) in [7, 11) is 0. The van der Waals surface area contributed by atoms with Crippen LogP contribution in [0.1, 0.15) is 25.8 Å². The van der Waals surface area contributed by atoms with Crippen molar-refractivity contribution < 1.29 is 0 Å². The number of hydrogen-bond acceptors (Lipinski definition) is 2. The first-order valence-electron chi connectivity index (χ1n) is 6.66. The van der Waals surface area contributed by atoms with E-state index in [0.717, 1.165) is 6.54 Å².